The molecule has 5 heteroatoms. The maximum absolute atomic E-state index is 5.77. The molecule has 0 N–H and O–H groups in total. The first-order chi connectivity index (χ1) is 7.22. The average Bonchev–Trinajstić information content (AvgIpc) is 2.69. The van der Waals surface area contributed by atoms with Gasteiger partial charge in [0.1, 0.15) is 5.69 Å². The summed E-state index contributed by atoms with van der Waals surface area (Å²) in [7, 11) is 0. The van der Waals surface area contributed by atoms with Crippen LogP contribution in [0, 0.1) is 6.92 Å². The molecule has 0 atom stereocenters. The topological polar surface area (TPSA) is 43.6 Å². The minimum Gasteiger partial charge on any atom is -0.330 e. The van der Waals surface area contributed by atoms with Gasteiger partial charge in [0.15, 0.2) is 5.82 Å². The number of halogens is 1. The zero-order valence-electron chi connectivity index (χ0n) is 8.61. The van der Waals surface area contributed by atoms with Gasteiger partial charge in [-0.3, -0.25) is 0 Å². The SMILES string of the molecule is CCn1ccnc1-c1nc(Cl)ncc1C. The summed E-state index contributed by atoms with van der Waals surface area (Å²) in [6, 6.07) is 0. The maximum Gasteiger partial charge on any atom is 0.223 e. The molecule has 0 saturated carbocycles. The Morgan fingerprint density at radius 3 is 2.93 bits per heavy atom. The van der Waals surface area contributed by atoms with Crippen LogP contribution in [-0.2, 0) is 6.54 Å². The summed E-state index contributed by atoms with van der Waals surface area (Å²) in [6.45, 7) is 4.86. The van der Waals surface area contributed by atoms with E-state index in [2.05, 4.69) is 21.9 Å². The molecule has 0 aromatic carbocycles. The molecule has 4 nitrogen and oxygen atoms in total. The average molecular weight is 223 g/mol. The van der Waals surface area contributed by atoms with Gasteiger partial charge in [0, 0.05) is 25.1 Å². The van der Waals surface area contributed by atoms with Crippen molar-refractivity contribution in [3.63, 3.8) is 0 Å². The third-order valence-electron chi connectivity index (χ3n) is 2.21. The molecule has 2 aromatic rings. The lowest BCUT2D eigenvalue weighted by Gasteiger charge is -2.06. The van der Waals surface area contributed by atoms with Crippen LogP contribution in [0.3, 0.4) is 0 Å². The molecule has 0 bridgehead atoms. The molecule has 0 aliphatic carbocycles. The maximum atomic E-state index is 5.77. The third kappa shape index (κ3) is 1.85. The summed E-state index contributed by atoms with van der Waals surface area (Å²) in [4.78, 5) is 12.4. The van der Waals surface area contributed by atoms with Crippen LogP contribution in [0.4, 0.5) is 0 Å². The predicted octanol–water partition coefficient (Wildman–Crippen LogP) is 2.32. The van der Waals surface area contributed by atoms with Gasteiger partial charge in [0.25, 0.3) is 0 Å². The Hall–Kier alpha value is -1.42. The van der Waals surface area contributed by atoms with E-state index >= 15 is 0 Å². The van der Waals surface area contributed by atoms with Crippen LogP contribution in [0.15, 0.2) is 18.6 Å². The summed E-state index contributed by atoms with van der Waals surface area (Å²) in [5, 5.41) is 0.251. The Balaban J connectivity index is 2.58. The zero-order chi connectivity index (χ0) is 10.8. The lowest BCUT2D eigenvalue weighted by Crippen LogP contribution is -2.00. The summed E-state index contributed by atoms with van der Waals surface area (Å²) in [5.74, 6) is 0.833. The Kier molecular flexibility index (Phi) is 2.68. The van der Waals surface area contributed by atoms with E-state index in [-0.39, 0.29) is 5.28 Å². The van der Waals surface area contributed by atoms with Crippen molar-refractivity contribution in [2.75, 3.05) is 0 Å². The lowest BCUT2D eigenvalue weighted by molar-refractivity contribution is 0.766. The Morgan fingerprint density at radius 2 is 2.20 bits per heavy atom. The van der Waals surface area contributed by atoms with Crippen molar-refractivity contribution in [2.45, 2.75) is 20.4 Å². The minimum absolute atomic E-state index is 0.251. The number of nitrogens with zero attached hydrogens (tertiary/aromatic N) is 4. The van der Waals surface area contributed by atoms with Crippen LogP contribution >= 0.6 is 11.6 Å². The van der Waals surface area contributed by atoms with Gasteiger partial charge in [-0.25, -0.2) is 15.0 Å². The highest BCUT2D eigenvalue weighted by atomic mass is 35.5. The Labute approximate surface area is 93.0 Å². The quantitative estimate of drug-likeness (QED) is 0.733. The molecule has 0 unspecified atom stereocenters. The van der Waals surface area contributed by atoms with Gasteiger partial charge >= 0.3 is 0 Å². The van der Waals surface area contributed by atoms with E-state index in [1.165, 1.54) is 0 Å². The molecule has 0 amide bonds. The molecule has 0 saturated heterocycles. The molecule has 0 spiro atoms. The van der Waals surface area contributed by atoms with E-state index in [1.807, 2.05) is 17.7 Å². The fourth-order valence-electron chi connectivity index (χ4n) is 1.43. The van der Waals surface area contributed by atoms with Crippen LogP contribution in [0.5, 0.6) is 0 Å². The monoisotopic (exact) mass is 222 g/mol. The van der Waals surface area contributed by atoms with Gasteiger partial charge in [-0.05, 0) is 31.0 Å². The van der Waals surface area contributed by atoms with Crippen LogP contribution in [0.2, 0.25) is 5.28 Å². The van der Waals surface area contributed by atoms with Gasteiger partial charge in [-0.1, -0.05) is 0 Å². The standard InChI is InChI=1S/C10H11ClN4/c1-3-15-5-4-12-9(15)8-7(2)6-13-10(11)14-8/h4-6H,3H2,1-2H3. The molecule has 2 heterocycles. The van der Waals surface area contributed by atoms with E-state index in [4.69, 9.17) is 11.6 Å². The van der Waals surface area contributed by atoms with Gasteiger partial charge in [-0.15, -0.1) is 0 Å². The van der Waals surface area contributed by atoms with Crippen molar-refractivity contribution >= 4 is 11.6 Å². The molecule has 2 rings (SSSR count). The van der Waals surface area contributed by atoms with Gasteiger partial charge in [0.05, 0.1) is 0 Å². The summed E-state index contributed by atoms with van der Waals surface area (Å²) in [6.07, 6.45) is 5.39. The smallest absolute Gasteiger partial charge is 0.223 e. The number of aromatic nitrogens is 4. The largest absolute Gasteiger partial charge is 0.330 e. The molecule has 0 aliphatic heterocycles. The lowest BCUT2D eigenvalue weighted by atomic mass is 10.2. The van der Waals surface area contributed by atoms with Crippen LogP contribution in [0.1, 0.15) is 12.5 Å². The summed E-state index contributed by atoms with van der Waals surface area (Å²) in [5.41, 5.74) is 1.77. The normalized spacial score (nSPS) is 10.6. The number of hydrogen-bond donors (Lipinski definition) is 0. The van der Waals surface area contributed by atoms with E-state index in [1.54, 1.807) is 12.4 Å². The van der Waals surface area contributed by atoms with E-state index < -0.39 is 0 Å². The predicted molar refractivity (Wildman–Crippen MR) is 58.7 cm³/mol. The molecule has 15 heavy (non-hydrogen) atoms. The second-order valence-electron chi connectivity index (χ2n) is 3.21. The number of imidazole rings is 1. The molecule has 0 fully saturated rings. The van der Waals surface area contributed by atoms with Crippen molar-refractivity contribution in [1.82, 2.24) is 19.5 Å². The van der Waals surface area contributed by atoms with Gasteiger partial charge < -0.3 is 4.57 Å². The summed E-state index contributed by atoms with van der Waals surface area (Å²) >= 11 is 5.77. The first-order valence-electron chi connectivity index (χ1n) is 4.73. The van der Waals surface area contributed by atoms with Crippen molar-refractivity contribution in [3.05, 3.63) is 29.4 Å². The van der Waals surface area contributed by atoms with E-state index in [0.29, 0.717) is 0 Å². The molecular formula is C10H11ClN4. The number of rotatable bonds is 2. The van der Waals surface area contributed by atoms with Crippen LogP contribution in [-0.4, -0.2) is 19.5 Å². The molecule has 0 aliphatic rings. The van der Waals surface area contributed by atoms with Crippen molar-refractivity contribution < 1.29 is 0 Å². The van der Waals surface area contributed by atoms with Gasteiger partial charge in [0.2, 0.25) is 5.28 Å². The fraction of sp³-hybridized carbons (Fsp3) is 0.300. The Morgan fingerprint density at radius 1 is 1.40 bits per heavy atom. The van der Waals surface area contributed by atoms with Crippen molar-refractivity contribution in [3.8, 4) is 11.5 Å². The highest BCUT2D eigenvalue weighted by molar-refractivity contribution is 6.28. The van der Waals surface area contributed by atoms with E-state index in [0.717, 1.165) is 23.6 Å². The second kappa shape index (κ2) is 3.98. The summed E-state index contributed by atoms with van der Waals surface area (Å²) < 4.78 is 2.02. The van der Waals surface area contributed by atoms with Crippen molar-refractivity contribution in [2.24, 2.45) is 0 Å². The van der Waals surface area contributed by atoms with Crippen LogP contribution in [0.25, 0.3) is 11.5 Å². The third-order valence-corrected chi connectivity index (χ3v) is 2.39. The fourth-order valence-corrected chi connectivity index (χ4v) is 1.56. The molecule has 78 valence electrons. The molecular weight excluding hydrogens is 212 g/mol. The van der Waals surface area contributed by atoms with Crippen LogP contribution < -0.4 is 0 Å². The number of aryl methyl sites for hydroxylation is 2. The van der Waals surface area contributed by atoms with Gasteiger partial charge in [-0.2, -0.15) is 0 Å². The molecule has 0 radical (unpaired) electrons. The van der Waals surface area contributed by atoms with E-state index in [9.17, 15) is 0 Å². The highest BCUT2D eigenvalue weighted by Crippen LogP contribution is 2.19. The first kappa shape index (κ1) is 10.1. The minimum atomic E-state index is 0.251. The first-order valence-corrected chi connectivity index (χ1v) is 5.10. The Bertz CT molecular complexity index is 478. The number of hydrogen-bond acceptors (Lipinski definition) is 3. The zero-order valence-corrected chi connectivity index (χ0v) is 9.36. The highest BCUT2D eigenvalue weighted by Gasteiger charge is 2.10. The van der Waals surface area contributed by atoms with Crippen molar-refractivity contribution in [1.29, 1.82) is 0 Å². The molecule has 2 aromatic heterocycles. The second-order valence-corrected chi connectivity index (χ2v) is 3.55.